The number of anilines is 1. The van der Waals surface area contributed by atoms with Crippen LogP contribution in [0.4, 0.5) is 5.69 Å². The lowest BCUT2D eigenvalue weighted by Crippen LogP contribution is -2.10. The van der Waals surface area contributed by atoms with E-state index < -0.39 is 0 Å². The van der Waals surface area contributed by atoms with Gasteiger partial charge in [0.2, 0.25) is 5.91 Å². The number of amides is 1. The Balaban J connectivity index is 2.10. The molecule has 20 heavy (non-hydrogen) atoms. The van der Waals surface area contributed by atoms with E-state index in [1.165, 1.54) is 6.08 Å². The molecule has 1 N–H and O–H groups in total. The molecule has 102 valence electrons. The van der Waals surface area contributed by atoms with Crippen molar-refractivity contribution >= 4 is 29.3 Å². The van der Waals surface area contributed by atoms with Crippen molar-refractivity contribution in [1.82, 2.24) is 0 Å². The molecule has 2 rings (SSSR count). The summed E-state index contributed by atoms with van der Waals surface area (Å²) in [6.45, 7) is 3.95. The number of benzene rings is 2. The lowest BCUT2D eigenvalue weighted by Gasteiger charge is -2.09. The van der Waals surface area contributed by atoms with Crippen molar-refractivity contribution in [3.8, 4) is 0 Å². The van der Waals surface area contributed by atoms with Crippen molar-refractivity contribution in [2.24, 2.45) is 0 Å². The molecule has 0 fully saturated rings. The van der Waals surface area contributed by atoms with Gasteiger partial charge in [-0.15, -0.1) is 0 Å². The van der Waals surface area contributed by atoms with Gasteiger partial charge in [0, 0.05) is 16.8 Å². The highest BCUT2D eigenvalue weighted by atomic mass is 35.5. The molecule has 0 bridgehead atoms. The standard InChI is InChI=1S/C17H16ClNO/c1-12-5-3-6-13(2)17(12)19-16(20)10-9-14-7-4-8-15(18)11-14/h3-11H,1-2H3,(H,19,20)/b10-9-. The van der Waals surface area contributed by atoms with Crippen LogP contribution in [0.2, 0.25) is 5.02 Å². The van der Waals surface area contributed by atoms with Gasteiger partial charge in [-0.2, -0.15) is 0 Å². The van der Waals surface area contributed by atoms with Gasteiger partial charge in [0.05, 0.1) is 0 Å². The average molecular weight is 286 g/mol. The third-order valence-electron chi connectivity index (χ3n) is 3.01. The van der Waals surface area contributed by atoms with E-state index in [-0.39, 0.29) is 5.91 Å². The zero-order chi connectivity index (χ0) is 14.5. The van der Waals surface area contributed by atoms with E-state index in [9.17, 15) is 4.79 Å². The number of aryl methyl sites for hydroxylation is 2. The monoisotopic (exact) mass is 285 g/mol. The Morgan fingerprint density at radius 2 is 1.75 bits per heavy atom. The van der Waals surface area contributed by atoms with E-state index in [1.54, 1.807) is 12.1 Å². The van der Waals surface area contributed by atoms with Crippen LogP contribution in [0.15, 0.2) is 48.5 Å². The van der Waals surface area contributed by atoms with E-state index >= 15 is 0 Å². The fraction of sp³-hybridized carbons (Fsp3) is 0.118. The number of hydrogen-bond acceptors (Lipinski definition) is 1. The molecular weight excluding hydrogens is 270 g/mol. The number of hydrogen-bond donors (Lipinski definition) is 1. The summed E-state index contributed by atoms with van der Waals surface area (Å²) >= 11 is 5.90. The third kappa shape index (κ3) is 3.72. The van der Waals surface area contributed by atoms with Crippen molar-refractivity contribution < 1.29 is 4.79 Å². The van der Waals surface area contributed by atoms with Crippen molar-refractivity contribution in [2.45, 2.75) is 13.8 Å². The van der Waals surface area contributed by atoms with Gasteiger partial charge in [0.1, 0.15) is 0 Å². The summed E-state index contributed by atoms with van der Waals surface area (Å²) in [4.78, 5) is 11.9. The second-order valence-electron chi connectivity index (χ2n) is 4.64. The van der Waals surface area contributed by atoms with Gasteiger partial charge in [-0.05, 0) is 48.7 Å². The fourth-order valence-corrected chi connectivity index (χ4v) is 2.16. The highest BCUT2D eigenvalue weighted by Crippen LogP contribution is 2.19. The third-order valence-corrected chi connectivity index (χ3v) is 3.24. The van der Waals surface area contributed by atoms with Crippen molar-refractivity contribution in [1.29, 1.82) is 0 Å². The maximum Gasteiger partial charge on any atom is 0.248 e. The molecule has 0 unspecified atom stereocenters. The van der Waals surface area contributed by atoms with Crippen LogP contribution in [0.1, 0.15) is 16.7 Å². The Labute approximate surface area is 124 Å². The van der Waals surface area contributed by atoms with Crippen LogP contribution in [0.5, 0.6) is 0 Å². The van der Waals surface area contributed by atoms with Gasteiger partial charge in [0.25, 0.3) is 0 Å². The Morgan fingerprint density at radius 3 is 2.40 bits per heavy atom. The minimum Gasteiger partial charge on any atom is -0.322 e. The quantitative estimate of drug-likeness (QED) is 0.820. The smallest absolute Gasteiger partial charge is 0.248 e. The topological polar surface area (TPSA) is 29.1 Å². The predicted molar refractivity (Wildman–Crippen MR) is 85.0 cm³/mol. The molecule has 0 aromatic heterocycles. The molecule has 0 aliphatic carbocycles. The summed E-state index contributed by atoms with van der Waals surface area (Å²) in [6.07, 6.45) is 3.26. The maximum atomic E-state index is 11.9. The van der Waals surface area contributed by atoms with Gasteiger partial charge in [-0.1, -0.05) is 41.9 Å². The van der Waals surface area contributed by atoms with E-state index in [1.807, 2.05) is 50.2 Å². The summed E-state index contributed by atoms with van der Waals surface area (Å²) in [5.41, 5.74) is 3.87. The van der Waals surface area contributed by atoms with Crippen LogP contribution in [-0.4, -0.2) is 5.91 Å². The SMILES string of the molecule is Cc1cccc(C)c1NC(=O)/C=C\c1cccc(Cl)c1. The van der Waals surface area contributed by atoms with Gasteiger partial charge in [-0.3, -0.25) is 4.79 Å². The van der Waals surface area contributed by atoms with Crippen molar-refractivity contribution in [3.63, 3.8) is 0 Å². The Morgan fingerprint density at radius 1 is 1.10 bits per heavy atom. The molecule has 0 aliphatic heterocycles. The summed E-state index contributed by atoms with van der Waals surface area (Å²) in [5, 5.41) is 3.56. The Kier molecular flexibility index (Phi) is 4.59. The number of carbonyl (C=O) groups is 1. The molecule has 0 heterocycles. The number of rotatable bonds is 3. The van der Waals surface area contributed by atoms with Gasteiger partial charge in [0.15, 0.2) is 0 Å². The highest BCUT2D eigenvalue weighted by molar-refractivity contribution is 6.30. The minimum atomic E-state index is -0.151. The predicted octanol–water partition coefficient (Wildman–Crippen LogP) is 4.61. The van der Waals surface area contributed by atoms with Gasteiger partial charge >= 0.3 is 0 Å². The first-order valence-corrected chi connectivity index (χ1v) is 6.75. The molecule has 3 heteroatoms. The van der Waals surface area contributed by atoms with Crippen LogP contribution in [-0.2, 0) is 4.79 Å². The molecule has 0 spiro atoms. The summed E-state index contributed by atoms with van der Waals surface area (Å²) < 4.78 is 0. The molecule has 2 nitrogen and oxygen atoms in total. The number of carbonyl (C=O) groups excluding carboxylic acids is 1. The Hall–Kier alpha value is -2.06. The average Bonchev–Trinajstić information content (AvgIpc) is 2.41. The fourth-order valence-electron chi connectivity index (χ4n) is 1.96. The maximum absolute atomic E-state index is 11.9. The van der Waals surface area contributed by atoms with Gasteiger partial charge < -0.3 is 5.32 Å². The van der Waals surface area contributed by atoms with E-state index in [2.05, 4.69) is 5.32 Å². The molecule has 0 saturated heterocycles. The van der Waals surface area contributed by atoms with Crippen LogP contribution in [0.25, 0.3) is 6.08 Å². The Bertz CT molecular complexity index is 642. The van der Waals surface area contributed by atoms with Crippen molar-refractivity contribution in [3.05, 3.63) is 70.3 Å². The van der Waals surface area contributed by atoms with Crippen LogP contribution >= 0.6 is 11.6 Å². The van der Waals surface area contributed by atoms with Crippen LogP contribution in [0.3, 0.4) is 0 Å². The first-order valence-electron chi connectivity index (χ1n) is 6.37. The largest absolute Gasteiger partial charge is 0.322 e. The number of halogens is 1. The van der Waals surface area contributed by atoms with Crippen LogP contribution in [0, 0.1) is 13.8 Å². The van der Waals surface area contributed by atoms with E-state index in [0.29, 0.717) is 5.02 Å². The number of para-hydroxylation sites is 1. The van der Waals surface area contributed by atoms with E-state index in [4.69, 9.17) is 11.6 Å². The molecule has 0 atom stereocenters. The molecule has 2 aromatic rings. The normalized spacial score (nSPS) is 10.8. The summed E-state index contributed by atoms with van der Waals surface area (Å²) in [5.74, 6) is -0.151. The van der Waals surface area contributed by atoms with Crippen molar-refractivity contribution in [2.75, 3.05) is 5.32 Å². The lowest BCUT2D eigenvalue weighted by molar-refractivity contribution is -0.111. The second kappa shape index (κ2) is 6.40. The first kappa shape index (κ1) is 14.4. The highest BCUT2D eigenvalue weighted by Gasteiger charge is 2.04. The molecule has 0 aliphatic rings. The molecular formula is C17H16ClNO. The molecule has 0 radical (unpaired) electrons. The first-order chi connectivity index (χ1) is 9.56. The van der Waals surface area contributed by atoms with E-state index in [0.717, 1.165) is 22.4 Å². The second-order valence-corrected chi connectivity index (χ2v) is 5.08. The minimum absolute atomic E-state index is 0.151. The number of nitrogens with one attached hydrogen (secondary N) is 1. The summed E-state index contributed by atoms with van der Waals surface area (Å²) in [7, 11) is 0. The molecule has 1 amide bonds. The molecule has 2 aromatic carbocycles. The zero-order valence-electron chi connectivity index (χ0n) is 11.5. The van der Waals surface area contributed by atoms with Crippen LogP contribution < -0.4 is 5.32 Å². The molecule has 0 saturated carbocycles. The zero-order valence-corrected chi connectivity index (χ0v) is 12.2. The lowest BCUT2D eigenvalue weighted by atomic mass is 10.1. The van der Waals surface area contributed by atoms with Gasteiger partial charge in [-0.25, -0.2) is 0 Å². The summed E-state index contributed by atoms with van der Waals surface area (Å²) in [6, 6.07) is 13.3.